The Bertz CT molecular complexity index is 155. The fraction of sp³-hybridized carbons (Fsp3) is 0.857. The molecule has 0 bridgehead atoms. The van der Waals surface area contributed by atoms with Crippen LogP contribution in [0.15, 0.2) is 0 Å². The lowest BCUT2D eigenvalue weighted by Crippen LogP contribution is -2.44. The third-order valence-corrected chi connectivity index (χ3v) is 3.16. The van der Waals surface area contributed by atoms with Crippen molar-refractivity contribution in [3.8, 4) is 0 Å². The number of aliphatic carboxylic acids is 1. The number of nitrogens with one attached hydrogen (secondary N) is 1. The van der Waals surface area contributed by atoms with Crippen LogP contribution in [0.25, 0.3) is 0 Å². The molecule has 0 saturated carbocycles. The van der Waals surface area contributed by atoms with E-state index in [0.29, 0.717) is 0 Å². The number of thioether (sulfide) groups is 1. The first-order valence-electron chi connectivity index (χ1n) is 3.83. The zero-order chi connectivity index (χ0) is 8.32. The van der Waals surface area contributed by atoms with E-state index in [1.54, 1.807) is 0 Å². The first-order chi connectivity index (χ1) is 5.21. The van der Waals surface area contributed by atoms with Crippen LogP contribution in [0.4, 0.5) is 0 Å². The van der Waals surface area contributed by atoms with Crippen LogP contribution in [-0.4, -0.2) is 28.2 Å². The van der Waals surface area contributed by atoms with Gasteiger partial charge in [-0.1, -0.05) is 6.92 Å². The van der Waals surface area contributed by atoms with Crippen molar-refractivity contribution in [2.45, 2.75) is 24.6 Å². The molecule has 2 N–H and O–H groups in total. The van der Waals surface area contributed by atoms with Crippen molar-refractivity contribution in [3.63, 3.8) is 0 Å². The molecule has 1 fully saturated rings. The van der Waals surface area contributed by atoms with Gasteiger partial charge >= 0.3 is 5.97 Å². The minimum Gasteiger partial charge on any atom is -0.479 e. The molecule has 11 heavy (non-hydrogen) atoms. The molecule has 0 aliphatic carbocycles. The van der Waals surface area contributed by atoms with Gasteiger partial charge in [0.15, 0.2) is 4.87 Å². The van der Waals surface area contributed by atoms with Crippen LogP contribution in [0.2, 0.25) is 0 Å². The summed E-state index contributed by atoms with van der Waals surface area (Å²) in [4.78, 5) is 10.2. The second-order valence-electron chi connectivity index (χ2n) is 2.60. The maximum Gasteiger partial charge on any atom is 0.334 e. The van der Waals surface area contributed by atoms with Gasteiger partial charge in [0.25, 0.3) is 0 Å². The Kier molecular flexibility index (Phi) is 2.78. The van der Waals surface area contributed by atoms with Crippen LogP contribution < -0.4 is 5.32 Å². The van der Waals surface area contributed by atoms with E-state index in [-0.39, 0.29) is 0 Å². The predicted octanol–water partition coefficient (Wildman–Crippen LogP) is 0.904. The predicted molar refractivity (Wildman–Crippen MR) is 45.7 cm³/mol. The minimum atomic E-state index is -0.721. The Morgan fingerprint density at radius 2 is 2.55 bits per heavy atom. The average Bonchev–Trinajstić information content (AvgIpc) is 2.38. The summed E-state index contributed by atoms with van der Waals surface area (Å²) < 4.78 is 0. The Labute approximate surface area is 70.6 Å². The Hall–Kier alpha value is -0.220. The SMILES string of the molecule is CCSC1(C(=O)O)CCCN1. The molecule has 1 unspecified atom stereocenters. The highest BCUT2D eigenvalue weighted by Crippen LogP contribution is 2.31. The van der Waals surface area contributed by atoms with Gasteiger partial charge in [-0.25, -0.2) is 4.79 Å². The van der Waals surface area contributed by atoms with Crippen molar-refractivity contribution in [3.05, 3.63) is 0 Å². The molecule has 1 rings (SSSR count). The maximum atomic E-state index is 10.8. The fourth-order valence-corrected chi connectivity index (χ4v) is 2.44. The molecular weight excluding hydrogens is 162 g/mol. The van der Waals surface area contributed by atoms with E-state index in [0.717, 1.165) is 25.1 Å². The summed E-state index contributed by atoms with van der Waals surface area (Å²) in [5, 5.41) is 11.9. The van der Waals surface area contributed by atoms with Gasteiger partial charge in [-0.2, -0.15) is 0 Å². The smallest absolute Gasteiger partial charge is 0.334 e. The summed E-state index contributed by atoms with van der Waals surface area (Å²) in [6, 6.07) is 0. The zero-order valence-electron chi connectivity index (χ0n) is 6.59. The standard InChI is InChI=1S/C7H13NO2S/c1-2-11-7(6(9)10)4-3-5-8-7/h8H,2-5H2,1H3,(H,9,10). The van der Waals surface area contributed by atoms with E-state index in [1.165, 1.54) is 11.8 Å². The molecule has 0 radical (unpaired) electrons. The minimum absolute atomic E-state index is 0.672. The molecule has 1 atom stereocenters. The van der Waals surface area contributed by atoms with Crippen molar-refractivity contribution < 1.29 is 9.90 Å². The van der Waals surface area contributed by atoms with Gasteiger partial charge in [0.2, 0.25) is 0 Å². The van der Waals surface area contributed by atoms with Crippen molar-refractivity contribution in [1.29, 1.82) is 0 Å². The van der Waals surface area contributed by atoms with Gasteiger partial charge in [0.05, 0.1) is 0 Å². The Morgan fingerprint density at radius 1 is 1.82 bits per heavy atom. The molecule has 64 valence electrons. The number of carbonyl (C=O) groups is 1. The molecular formula is C7H13NO2S. The van der Waals surface area contributed by atoms with Crippen LogP contribution >= 0.6 is 11.8 Å². The lowest BCUT2D eigenvalue weighted by atomic mass is 10.2. The van der Waals surface area contributed by atoms with Crippen LogP contribution in [0.3, 0.4) is 0 Å². The van der Waals surface area contributed by atoms with Crippen molar-refractivity contribution >= 4 is 17.7 Å². The maximum absolute atomic E-state index is 10.8. The molecule has 1 aliphatic rings. The summed E-state index contributed by atoms with van der Waals surface area (Å²) in [5.74, 6) is 0.126. The Balaban J connectivity index is 2.62. The molecule has 1 aliphatic heterocycles. The van der Waals surface area contributed by atoms with E-state index in [9.17, 15) is 4.79 Å². The highest BCUT2D eigenvalue weighted by molar-refractivity contribution is 8.01. The largest absolute Gasteiger partial charge is 0.479 e. The quantitative estimate of drug-likeness (QED) is 0.669. The topological polar surface area (TPSA) is 49.3 Å². The van der Waals surface area contributed by atoms with Gasteiger partial charge < -0.3 is 5.11 Å². The highest BCUT2D eigenvalue weighted by Gasteiger charge is 2.40. The number of carboxylic acid groups (broad SMARTS) is 1. The summed E-state index contributed by atoms with van der Waals surface area (Å²) in [7, 11) is 0. The molecule has 4 heteroatoms. The normalized spacial score (nSPS) is 30.6. The van der Waals surface area contributed by atoms with E-state index in [4.69, 9.17) is 5.11 Å². The van der Waals surface area contributed by atoms with Crippen LogP contribution in [-0.2, 0) is 4.79 Å². The van der Waals surface area contributed by atoms with Crippen LogP contribution in [0, 0.1) is 0 Å². The molecule has 0 aromatic carbocycles. The lowest BCUT2D eigenvalue weighted by Gasteiger charge is -2.22. The highest BCUT2D eigenvalue weighted by atomic mass is 32.2. The molecule has 1 heterocycles. The fourth-order valence-electron chi connectivity index (χ4n) is 1.33. The molecule has 0 aromatic rings. The molecule has 1 saturated heterocycles. The summed E-state index contributed by atoms with van der Waals surface area (Å²) in [6.45, 7) is 2.81. The second kappa shape index (κ2) is 3.45. The van der Waals surface area contributed by atoms with E-state index in [2.05, 4.69) is 5.32 Å². The number of carboxylic acids is 1. The van der Waals surface area contributed by atoms with Crippen molar-refractivity contribution in [1.82, 2.24) is 5.32 Å². The van der Waals surface area contributed by atoms with E-state index >= 15 is 0 Å². The molecule has 3 nitrogen and oxygen atoms in total. The first kappa shape index (κ1) is 8.87. The van der Waals surface area contributed by atoms with Gasteiger partial charge in [0.1, 0.15) is 0 Å². The third kappa shape index (κ3) is 1.68. The second-order valence-corrected chi connectivity index (χ2v) is 4.16. The van der Waals surface area contributed by atoms with Gasteiger partial charge in [-0.15, -0.1) is 11.8 Å². The lowest BCUT2D eigenvalue weighted by molar-refractivity contribution is -0.140. The number of hydrogen-bond donors (Lipinski definition) is 2. The van der Waals surface area contributed by atoms with Crippen molar-refractivity contribution in [2.75, 3.05) is 12.3 Å². The summed E-state index contributed by atoms with van der Waals surface area (Å²) >= 11 is 1.48. The third-order valence-electron chi connectivity index (χ3n) is 1.85. The monoisotopic (exact) mass is 175 g/mol. The zero-order valence-corrected chi connectivity index (χ0v) is 7.41. The summed E-state index contributed by atoms with van der Waals surface area (Å²) in [5.41, 5.74) is 0. The van der Waals surface area contributed by atoms with Gasteiger partial charge in [-0.3, -0.25) is 5.32 Å². The first-order valence-corrected chi connectivity index (χ1v) is 4.82. The van der Waals surface area contributed by atoms with Crippen LogP contribution in [0.5, 0.6) is 0 Å². The molecule has 0 amide bonds. The molecule has 0 aromatic heterocycles. The van der Waals surface area contributed by atoms with E-state index < -0.39 is 10.8 Å². The number of hydrogen-bond acceptors (Lipinski definition) is 3. The van der Waals surface area contributed by atoms with E-state index in [1.807, 2.05) is 6.92 Å². The number of rotatable bonds is 3. The van der Waals surface area contributed by atoms with Gasteiger partial charge in [-0.05, 0) is 25.1 Å². The average molecular weight is 175 g/mol. The molecule has 0 spiro atoms. The van der Waals surface area contributed by atoms with Crippen molar-refractivity contribution in [2.24, 2.45) is 0 Å². The van der Waals surface area contributed by atoms with Crippen LogP contribution in [0.1, 0.15) is 19.8 Å². The summed E-state index contributed by atoms with van der Waals surface area (Å²) in [6.07, 6.45) is 1.72. The Morgan fingerprint density at radius 3 is 2.91 bits per heavy atom. The van der Waals surface area contributed by atoms with Gasteiger partial charge in [0, 0.05) is 0 Å².